The van der Waals surface area contributed by atoms with Crippen molar-refractivity contribution in [2.24, 2.45) is 11.5 Å². The predicted molar refractivity (Wildman–Crippen MR) is 58.8 cm³/mol. The van der Waals surface area contributed by atoms with Crippen LogP contribution in [0.4, 0.5) is 0 Å². The van der Waals surface area contributed by atoms with Crippen LogP contribution in [0.5, 0.6) is 0 Å². The van der Waals surface area contributed by atoms with Gasteiger partial charge in [0.1, 0.15) is 0 Å². The highest BCUT2D eigenvalue weighted by atomic mass is 16.7. The van der Waals surface area contributed by atoms with Gasteiger partial charge >= 0.3 is 7.69 Å². The molecule has 83 valence electrons. The molecule has 1 fully saturated rings. The van der Waals surface area contributed by atoms with E-state index in [0.29, 0.717) is 0 Å². The molecule has 1 radical (unpaired) electrons. The van der Waals surface area contributed by atoms with E-state index in [1.165, 1.54) is 7.69 Å². The average Bonchev–Trinajstić information content (AvgIpc) is 2.27. The summed E-state index contributed by atoms with van der Waals surface area (Å²) < 4.78 is 10.4. The zero-order chi connectivity index (χ0) is 11.2. The van der Waals surface area contributed by atoms with Crippen LogP contribution in [0.1, 0.15) is 34.1 Å². The maximum absolute atomic E-state index is 5.21. The van der Waals surface area contributed by atoms with Crippen molar-refractivity contribution in [1.82, 2.24) is 0 Å². The van der Waals surface area contributed by atoms with E-state index < -0.39 is 0 Å². The second kappa shape index (κ2) is 5.71. The molecule has 0 atom stereocenters. The molecule has 5 heteroatoms. The third kappa shape index (κ3) is 3.96. The molecule has 4 nitrogen and oxygen atoms in total. The van der Waals surface area contributed by atoms with Gasteiger partial charge in [0.25, 0.3) is 0 Å². The van der Waals surface area contributed by atoms with E-state index in [4.69, 9.17) is 20.8 Å². The van der Waals surface area contributed by atoms with Crippen molar-refractivity contribution < 1.29 is 9.31 Å². The summed E-state index contributed by atoms with van der Waals surface area (Å²) in [7, 11) is 1.42. The molecule has 1 heterocycles. The molecule has 0 bridgehead atoms. The molecular formula is C9H22BN2O2. The molecule has 0 saturated carbocycles. The molecule has 1 saturated heterocycles. The van der Waals surface area contributed by atoms with Gasteiger partial charge in [0.05, 0.1) is 11.2 Å². The summed E-state index contributed by atoms with van der Waals surface area (Å²) >= 11 is 0. The van der Waals surface area contributed by atoms with Crippen molar-refractivity contribution in [3.8, 4) is 0 Å². The van der Waals surface area contributed by atoms with Crippen molar-refractivity contribution >= 4 is 7.69 Å². The molecule has 0 aromatic carbocycles. The maximum atomic E-state index is 5.21. The Morgan fingerprint density at radius 3 is 1.36 bits per heavy atom. The van der Waals surface area contributed by atoms with Crippen LogP contribution in [0.25, 0.3) is 0 Å². The molecule has 4 N–H and O–H groups in total. The zero-order valence-corrected chi connectivity index (χ0v) is 9.67. The minimum absolute atomic E-state index is 0.187. The van der Waals surface area contributed by atoms with E-state index in [-0.39, 0.29) is 11.2 Å². The summed E-state index contributed by atoms with van der Waals surface area (Å²) in [5.74, 6) is 0. The lowest BCUT2D eigenvalue weighted by molar-refractivity contribution is 0.00578. The second-order valence-corrected chi connectivity index (χ2v) is 4.28. The maximum Gasteiger partial charge on any atom is 0.488 e. The van der Waals surface area contributed by atoms with Crippen LogP contribution >= 0.6 is 0 Å². The lowest BCUT2D eigenvalue weighted by atomic mass is 9.90. The van der Waals surface area contributed by atoms with Gasteiger partial charge in [-0.25, -0.2) is 0 Å². The minimum atomic E-state index is -0.188. The number of rotatable bonds is 2. The lowest BCUT2D eigenvalue weighted by Crippen LogP contribution is -2.41. The Morgan fingerprint density at radius 2 is 1.29 bits per heavy atom. The highest BCUT2D eigenvalue weighted by molar-refractivity contribution is 6.19. The number of hydrogen-bond acceptors (Lipinski definition) is 4. The first-order chi connectivity index (χ1) is 6.37. The topological polar surface area (TPSA) is 70.5 Å². The Kier molecular flexibility index (Phi) is 5.67. The molecule has 1 rings (SSSR count). The molecule has 1 aliphatic rings. The first kappa shape index (κ1) is 13.9. The van der Waals surface area contributed by atoms with Gasteiger partial charge in [-0.3, -0.25) is 0 Å². The van der Waals surface area contributed by atoms with E-state index in [1.807, 2.05) is 27.7 Å². The van der Waals surface area contributed by atoms with Crippen molar-refractivity contribution in [3.05, 3.63) is 0 Å². The molecule has 1 aliphatic heterocycles. The van der Waals surface area contributed by atoms with Crippen molar-refractivity contribution in [2.45, 2.75) is 45.3 Å². The Bertz CT molecular complexity index is 147. The Balaban J connectivity index is 0.000000292. The number of hydrogen-bond donors (Lipinski definition) is 2. The quantitative estimate of drug-likeness (QED) is 0.635. The summed E-state index contributed by atoms with van der Waals surface area (Å²) in [6.45, 7) is 9.48. The Labute approximate surface area is 87.6 Å². The highest BCUT2D eigenvalue weighted by Crippen LogP contribution is 2.33. The Morgan fingerprint density at radius 1 is 0.929 bits per heavy atom. The smallest absolute Gasteiger partial charge is 0.405 e. The van der Waals surface area contributed by atoms with Crippen molar-refractivity contribution in [2.75, 3.05) is 13.1 Å². The predicted octanol–water partition coefficient (Wildman–Crippen LogP) is 0.419. The van der Waals surface area contributed by atoms with E-state index in [2.05, 4.69) is 0 Å². The fourth-order valence-electron chi connectivity index (χ4n) is 0.666. The Hall–Kier alpha value is -0.0951. The van der Waals surface area contributed by atoms with Gasteiger partial charge in [-0.05, 0) is 47.2 Å². The fraction of sp³-hybridized carbons (Fsp3) is 1.00. The third-order valence-corrected chi connectivity index (χ3v) is 2.54. The van der Waals surface area contributed by atoms with Gasteiger partial charge < -0.3 is 20.8 Å². The van der Waals surface area contributed by atoms with Gasteiger partial charge in [0, 0.05) is 0 Å². The normalized spacial score (nSPS) is 22.1. The highest BCUT2D eigenvalue weighted by Gasteiger charge is 2.44. The van der Waals surface area contributed by atoms with Crippen LogP contribution in [0.3, 0.4) is 0 Å². The largest absolute Gasteiger partial charge is 0.488 e. The van der Waals surface area contributed by atoms with Crippen LogP contribution in [-0.4, -0.2) is 32.0 Å². The van der Waals surface area contributed by atoms with Gasteiger partial charge in [0.2, 0.25) is 0 Å². The lowest BCUT2D eigenvalue weighted by Gasteiger charge is -2.32. The molecule has 0 unspecified atom stereocenters. The molecule has 0 aliphatic carbocycles. The van der Waals surface area contributed by atoms with Gasteiger partial charge in [-0.2, -0.15) is 0 Å². The summed E-state index contributed by atoms with van der Waals surface area (Å²) in [6, 6.07) is 0. The fourth-order valence-corrected chi connectivity index (χ4v) is 0.666. The summed E-state index contributed by atoms with van der Waals surface area (Å²) in [5.41, 5.74) is 9.74. The average molecular weight is 201 g/mol. The number of nitrogens with two attached hydrogens (primary N) is 2. The molecule has 0 aromatic rings. The standard InChI is InChI=1S/C6H12BO2.C3H10N2/c1-5(2)6(3,4)9-7-8-5;4-2-1-3-5/h1-4H3;1-5H2. The molecule has 0 amide bonds. The molecular weight excluding hydrogens is 179 g/mol. The molecule has 0 aromatic heterocycles. The van der Waals surface area contributed by atoms with E-state index >= 15 is 0 Å². The van der Waals surface area contributed by atoms with Crippen LogP contribution in [0, 0.1) is 0 Å². The van der Waals surface area contributed by atoms with Crippen molar-refractivity contribution in [1.29, 1.82) is 0 Å². The van der Waals surface area contributed by atoms with Crippen LogP contribution in [0.2, 0.25) is 0 Å². The minimum Gasteiger partial charge on any atom is -0.405 e. The van der Waals surface area contributed by atoms with Gasteiger partial charge in [0.15, 0.2) is 0 Å². The third-order valence-electron chi connectivity index (χ3n) is 2.54. The first-order valence-corrected chi connectivity index (χ1v) is 4.95. The zero-order valence-electron chi connectivity index (χ0n) is 9.67. The van der Waals surface area contributed by atoms with Gasteiger partial charge in [-0.1, -0.05) is 0 Å². The molecule has 14 heavy (non-hydrogen) atoms. The SMILES string of the molecule is CC1(C)O[B]OC1(C)C.NCCCN. The molecule has 0 spiro atoms. The summed E-state index contributed by atoms with van der Waals surface area (Å²) in [4.78, 5) is 0. The monoisotopic (exact) mass is 201 g/mol. The van der Waals surface area contributed by atoms with Crippen LogP contribution in [0.15, 0.2) is 0 Å². The van der Waals surface area contributed by atoms with E-state index in [0.717, 1.165) is 19.5 Å². The first-order valence-electron chi connectivity index (χ1n) is 4.95. The summed E-state index contributed by atoms with van der Waals surface area (Å²) in [5, 5.41) is 0. The van der Waals surface area contributed by atoms with E-state index in [1.54, 1.807) is 0 Å². The van der Waals surface area contributed by atoms with Crippen molar-refractivity contribution in [3.63, 3.8) is 0 Å². The van der Waals surface area contributed by atoms with E-state index in [9.17, 15) is 0 Å². The summed E-state index contributed by atoms with van der Waals surface area (Å²) in [6.07, 6.45) is 0.944. The second-order valence-electron chi connectivity index (χ2n) is 4.28. The van der Waals surface area contributed by atoms with Crippen LogP contribution < -0.4 is 11.5 Å². The van der Waals surface area contributed by atoms with Gasteiger partial charge in [-0.15, -0.1) is 0 Å². The van der Waals surface area contributed by atoms with Crippen LogP contribution in [-0.2, 0) is 9.31 Å².